The Hall–Kier alpha value is -4.07. The van der Waals surface area contributed by atoms with Gasteiger partial charge < -0.3 is 14.8 Å². The summed E-state index contributed by atoms with van der Waals surface area (Å²) in [5.74, 6) is 0.374. The summed E-state index contributed by atoms with van der Waals surface area (Å²) in [7, 11) is 1.50. The van der Waals surface area contributed by atoms with Crippen molar-refractivity contribution in [2.75, 3.05) is 12.4 Å². The molecule has 0 aromatic heterocycles. The average Bonchev–Trinajstić information content (AvgIpc) is 2.83. The molecule has 0 saturated carbocycles. The van der Waals surface area contributed by atoms with Gasteiger partial charge in [0, 0.05) is 15.7 Å². The summed E-state index contributed by atoms with van der Waals surface area (Å²) >= 11 is 3.48. The molecular formula is C26H20BrN3O3. The second-order valence-electron chi connectivity index (χ2n) is 7.02. The molecule has 0 radical (unpaired) electrons. The molecule has 0 saturated heterocycles. The molecule has 0 aliphatic carbocycles. The Morgan fingerprint density at radius 1 is 1.09 bits per heavy atom. The first-order valence-corrected chi connectivity index (χ1v) is 10.7. The molecule has 3 aromatic carbocycles. The smallest absolute Gasteiger partial charge is 0.266 e. The average molecular weight is 502 g/mol. The van der Waals surface area contributed by atoms with Crippen LogP contribution in [-0.2, 0) is 11.4 Å². The number of methoxy groups -OCH3 is 1. The minimum atomic E-state index is -0.508. The normalized spacial score (nSPS) is 10.6. The Labute approximate surface area is 200 Å². The number of ether oxygens (including phenoxy) is 2. The van der Waals surface area contributed by atoms with Gasteiger partial charge in [-0.25, -0.2) is 0 Å². The summed E-state index contributed by atoms with van der Waals surface area (Å²) in [6.07, 6.45) is 1.48. The Kier molecular flexibility index (Phi) is 7.86. The fraction of sp³-hybridized carbons (Fsp3) is 0.115. The van der Waals surface area contributed by atoms with E-state index in [2.05, 4.69) is 27.3 Å². The lowest BCUT2D eigenvalue weighted by Gasteiger charge is -2.14. The molecule has 3 rings (SSSR count). The van der Waals surface area contributed by atoms with Gasteiger partial charge in [0.2, 0.25) is 0 Å². The van der Waals surface area contributed by atoms with E-state index in [0.29, 0.717) is 32.8 Å². The van der Waals surface area contributed by atoms with E-state index >= 15 is 0 Å². The second-order valence-corrected chi connectivity index (χ2v) is 7.88. The second kappa shape index (κ2) is 11.0. The fourth-order valence-corrected chi connectivity index (χ4v) is 3.49. The highest BCUT2D eigenvalue weighted by Gasteiger charge is 2.15. The number of carbonyl (C=O) groups excluding carboxylic acids is 1. The van der Waals surface area contributed by atoms with Crippen molar-refractivity contribution in [3.8, 4) is 23.6 Å². The monoisotopic (exact) mass is 501 g/mol. The van der Waals surface area contributed by atoms with Crippen LogP contribution in [0.1, 0.15) is 22.3 Å². The van der Waals surface area contributed by atoms with Gasteiger partial charge in [0.05, 0.1) is 18.7 Å². The van der Waals surface area contributed by atoms with Crippen LogP contribution in [0, 0.1) is 29.6 Å². The van der Waals surface area contributed by atoms with Crippen molar-refractivity contribution in [2.24, 2.45) is 0 Å². The third-order valence-electron chi connectivity index (χ3n) is 4.86. The number of hydrogen-bond acceptors (Lipinski definition) is 5. The molecule has 0 unspecified atom stereocenters. The van der Waals surface area contributed by atoms with Gasteiger partial charge in [-0.2, -0.15) is 10.5 Å². The molecule has 0 aliphatic heterocycles. The van der Waals surface area contributed by atoms with E-state index in [-0.39, 0.29) is 12.2 Å². The highest BCUT2D eigenvalue weighted by molar-refractivity contribution is 9.10. The zero-order valence-corrected chi connectivity index (χ0v) is 19.6. The van der Waals surface area contributed by atoms with E-state index < -0.39 is 5.91 Å². The maximum absolute atomic E-state index is 12.7. The fourth-order valence-electron chi connectivity index (χ4n) is 3.05. The first kappa shape index (κ1) is 23.6. The van der Waals surface area contributed by atoms with Crippen molar-refractivity contribution in [3.05, 3.63) is 93.0 Å². The number of aryl methyl sites for hydroxylation is 1. The van der Waals surface area contributed by atoms with Gasteiger partial charge in [0.25, 0.3) is 5.91 Å². The molecule has 7 heteroatoms. The largest absolute Gasteiger partial charge is 0.493 e. The lowest BCUT2D eigenvalue weighted by atomic mass is 10.1. The number of amides is 1. The molecule has 1 N–H and O–H groups in total. The van der Waals surface area contributed by atoms with Crippen LogP contribution < -0.4 is 14.8 Å². The third kappa shape index (κ3) is 5.79. The molecule has 0 atom stereocenters. The van der Waals surface area contributed by atoms with Gasteiger partial charge in [-0.1, -0.05) is 52.3 Å². The quantitative estimate of drug-likeness (QED) is 0.327. The van der Waals surface area contributed by atoms with Crippen molar-refractivity contribution in [1.82, 2.24) is 0 Å². The standard InChI is InChI=1S/C26H20BrN3O3/c1-17-7-3-6-10-23(17)30-26(31)21(15-29)11-20-12-24(32-2)25(13-22(20)27)33-16-19-9-5-4-8-18(19)14-28/h3-13H,16H2,1-2H3,(H,30,31)/b21-11-. The number of halogens is 1. The highest BCUT2D eigenvalue weighted by Crippen LogP contribution is 2.35. The van der Waals surface area contributed by atoms with E-state index in [1.54, 1.807) is 30.3 Å². The van der Waals surface area contributed by atoms with E-state index in [1.807, 2.05) is 43.3 Å². The number of para-hydroxylation sites is 1. The number of rotatable bonds is 7. The van der Waals surface area contributed by atoms with Crippen LogP contribution in [0.15, 0.2) is 70.7 Å². The van der Waals surface area contributed by atoms with Gasteiger partial charge in [0.15, 0.2) is 11.5 Å². The van der Waals surface area contributed by atoms with E-state index in [9.17, 15) is 15.3 Å². The molecule has 3 aromatic rings. The summed E-state index contributed by atoms with van der Waals surface area (Å²) in [6, 6.07) is 22.0. The predicted molar refractivity (Wildman–Crippen MR) is 130 cm³/mol. The maximum atomic E-state index is 12.7. The van der Waals surface area contributed by atoms with Crippen LogP contribution in [0.3, 0.4) is 0 Å². The number of carbonyl (C=O) groups is 1. The molecule has 0 heterocycles. The number of nitrogens with one attached hydrogen (secondary N) is 1. The first-order valence-electron chi connectivity index (χ1n) is 9.94. The molecule has 0 fully saturated rings. The minimum Gasteiger partial charge on any atom is -0.493 e. The van der Waals surface area contributed by atoms with Crippen LogP contribution in [-0.4, -0.2) is 13.0 Å². The van der Waals surface area contributed by atoms with Gasteiger partial charge >= 0.3 is 0 Å². The van der Waals surface area contributed by atoms with Crippen LogP contribution >= 0.6 is 15.9 Å². The van der Waals surface area contributed by atoms with Crippen molar-refractivity contribution < 1.29 is 14.3 Å². The van der Waals surface area contributed by atoms with E-state index in [4.69, 9.17) is 9.47 Å². The molecule has 164 valence electrons. The van der Waals surface area contributed by atoms with E-state index in [0.717, 1.165) is 11.1 Å². The SMILES string of the molecule is COc1cc(/C=C(/C#N)C(=O)Nc2ccccc2C)c(Br)cc1OCc1ccccc1C#N. The summed E-state index contributed by atoms with van der Waals surface area (Å²) in [5.41, 5.74) is 3.34. The van der Waals surface area contributed by atoms with Crippen LogP contribution in [0.4, 0.5) is 5.69 Å². The summed E-state index contributed by atoms with van der Waals surface area (Å²) in [4.78, 5) is 12.7. The third-order valence-corrected chi connectivity index (χ3v) is 5.55. The summed E-state index contributed by atoms with van der Waals surface area (Å²) < 4.78 is 12.0. The number of hydrogen-bond donors (Lipinski definition) is 1. The Balaban J connectivity index is 1.85. The molecule has 6 nitrogen and oxygen atoms in total. The van der Waals surface area contributed by atoms with Gasteiger partial charge in [-0.3, -0.25) is 4.79 Å². The molecule has 0 spiro atoms. The molecular weight excluding hydrogens is 482 g/mol. The van der Waals surface area contributed by atoms with Crippen molar-refractivity contribution in [2.45, 2.75) is 13.5 Å². The number of benzene rings is 3. The predicted octanol–water partition coefficient (Wildman–Crippen LogP) is 5.76. The van der Waals surface area contributed by atoms with Gasteiger partial charge in [0.1, 0.15) is 18.2 Å². The number of nitrogens with zero attached hydrogens (tertiary/aromatic N) is 2. The molecule has 0 bridgehead atoms. The van der Waals surface area contributed by atoms with Crippen LogP contribution in [0.2, 0.25) is 0 Å². The van der Waals surface area contributed by atoms with E-state index in [1.165, 1.54) is 13.2 Å². The Bertz CT molecular complexity index is 1300. The number of anilines is 1. The lowest BCUT2D eigenvalue weighted by Crippen LogP contribution is -2.14. The maximum Gasteiger partial charge on any atom is 0.266 e. The van der Waals surface area contributed by atoms with Crippen molar-refractivity contribution in [3.63, 3.8) is 0 Å². The Morgan fingerprint density at radius 3 is 2.52 bits per heavy atom. The van der Waals surface area contributed by atoms with Crippen LogP contribution in [0.5, 0.6) is 11.5 Å². The molecule has 0 aliphatic rings. The Morgan fingerprint density at radius 2 is 1.82 bits per heavy atom. The highest BCUT2D eigenvalue weighted by atomic mass is 79.9. The zero-order chi connectivity index (χ0) is 23.8. The molecule has 1 amide bonds. The first-order chi connectivity index (χ1) is 16.0. The number of nitriles is 2. The lowest BCUT2D eigenvalue weighted by molar-refractivity contribution is -0.112. The topological polar surface area (TPSA) is 95.1 Å². The van der Waals surface area contributed by atoms with Crippen molar-refractivity contribution in [1.29, 1.82) is 10.5 Å². The van der Waals surface area contributed by atoms with Gasteiger partial charge in [-0.15, -0.1) is 0 Å². The minimum absolute atomic E-state index is 0.0578. The molecule has 33 heavy (non-hydrogen) atoms. The summed E-state index contributed by atoms with van der Waals surface area (Å²) in [5, 5.41) is 21.6. The summed E-state index contributed by atoms with van der Waals surface area (Å²) in [6.45, 7) is 2.06. The van der Waals surface area contributed by atoms with Crippen LogP contribution in [0.25, 0.3) is 6.08 Å². The van der Waals surface area contributed by atoms with Crippen molar-refractivity contribution >= 4 is 33.6 Å². The zero-order valence-electron chi connectivity index (χ0n) is 18.1. The van der Waals surface area contributed by atoms with Gasteiger partial charge in [-0.05, 0) is 48.4 Å².